The maximum Gasteiger partial charge on any atom is 0.229 e. The highest BCUT2D eigenvalue weighted by Gasteiger charge is 2.21. The molecule has 1 amide bonds. The number of amides is 1. The molecule has 32 heavy (non-hydrogen) atoms. The predicted molar refractivity (Wildman–Crippen MR) is 138 cm³/mol. The van der Waals surface area contributed by atoms with E-state index in [9.17, 15) is 9.18 Å². The number of fused-ring (bicyclic) bond motifs is 1. The van der Waals surface area contributed by atoms with E-state index in [-0.39, 0.29) is 24.1 Å². The van der Waals surface area contributed by atoms with Gasteiger partial charge in [0.15, 0.2) is 5.13 Å². The van der Waals surface area contributed by atoms with Crippen LogP contribution in [0.4, 0.5) is 9.52 Å². The Bertz CT molecular complexity index is 987. The number of aryl methyl sites for hydroxylation is 1. The Hall–Kier alpha value is -1.38. The van der Waals surface area contributed by atoms with Crippen molar-refractivity contribution in [1.29, 1.82) is 0 Å². The fourth-order valence-electron chi connectivity index (χ4n) is 3.24. The first-order chi connectivity index (χ1) is 14.9. The van der Waals surface area contributed by atoms with Crippen molar-refractivity contribution in [2.45, 2.75) is 32.1 Å². The summed E-state index contributed by atoms with van der Waals surface area (Å²) in [5, 5.41) is 1.35. The van der Waals surface area contributed by atoms with Crippen LogP contribution in [0.15, 0.2) is 41.3 Å². The first kappa shape index (κ1) is 26.9. The summed E-state index contributed by atoms with van der Waals surface area (Å²) in [6, 6.07) is 10.2. The zero-order valence-electron chi connectivity index (χ0n) is 18.4. The Labute approximate surface area is 208 Å². The maximum atomic E-state index is 13.2. The molecule has 0 atom stereocenters. The topological polar surface area (TPSA) is 36.4 Å². The number of likely N-dealkylation sites (N-methyl/N-ethyl adjacent to an activating group) is 1. The molecule has 9 heteroatoms. The van der Waals surface area contributed by atoms with Crippen LogP contribution in [-0.4, -0.2) is 47.7 Å². The van der Waals surface area contributed by atoms with Gasteiger partial charge in [-0.15, -0.1) is 24.2 Å². The Morgan fingerprint density at radius 3 is 2.44 bits per heavy atom. The molecule has 0 aliphatic carbocycles. The fraction of sp³-hybridized carbons (Fsp3) is 0.391. The van der Waals surface area contributed by atoms with Gasteiger partial charge in [0.2, 0.25) is 5.91 Å². The van der Waals surface area contributed by atoms with Crippen LogP contribution in [0.25, 0.3) is 10.2 Å². The van der Waals surface area contributed by atoms with Crippen LogP contribution in [-0.2, 0) is 4.79 Å². The molecular weight excluding hydrogens is 488 g/mol. The van der Waals surface area contributed by atoms with Crippen molar-refractivity contribution in [3.63, 3.8) is 0 Å². The summed E-state index contributed by atoms with van der Waals surface area (Å²) >= 11 is 9.41. The fourth-order valence-corrected chi connectivity index (χ4v) is 5.44. The van der Waals surface area contributed by atoms with Gasteiger partial charge in [0, 0.05) is 30.2 Å². The zero-order valence-corrected chi connectivity index (χ0v) is 21.6. The summed E-state index contributed by atoms with van der Waals surface area (Å²) in [6.07, 6.45) is 0.378. The normalized spacial score (nSPS) is 11.1. The summed E-state index contributed by atoms with van der Waals surface area (Å²) in [5.74, 6) is 0.402. The molecule has 0 bridgehead atoms. The van der Waals surface area contributed by atoms with Gasteiger partial charge in [0.1, 0.15) is 5.82 Å². The van der Waals surface area contributed by atoms with Gasteiger partial charge in [0.05, 0.1) is 15.2 Å². The summed E-state index contributed by atoms with van der Waals surface area (Å²) in [6.45, 7) is 9.48. The van der Waals surface area contributed by atoms with Gasteiger partial charge in [-0.25, -0.2) is 9.37 Å². The number of nitrogens with zero attached hydrogens (tertiary/aromatic N) is 3. The minimum absolute atomic E-state index is 0. The van der Waals surface area contributed by atoms with E-state index in [1.165, 1.54) is 23.5 Å². The number of hydrogen-bond donors (Lipinski definition) is 0. The van der Waals surface area contributed by atoms with Crippen molar-refractivity contribution in [2.75, 3.05) is 36.8 Å². The molecular formula is C23H28Cl2FN3OS2. The summed E-state index contributed by atoms with van der Waals surface area (Å²) in [4.78, 5) is 23.0. The molecule has 0 spiro atoms. The summed E-state index contributed by atoms with van der Waals surface area (Å²) in [5.41, 5.74) is 1.90. The number of carbonyl (C=O) groups excluding carboxylic acids is 1. The monoisotopic (exact) mass is 515 g/mol. The number of thiazole rings is 1. The van der Waals surface area contributed by atoms with Gasteiger partial charge in [0.25, 0.3) is 0 Å². The maximum absolute atomic E-state index is 13.2. The number of thioether (sulfide) groups is 1. The van der Waals surface area contributed by atoms with E-state index in [4.69, 9.17) is 16.6 Å². The molecule has 1 heterocycles. The molecule has 1 aromatic heterocycles. The van der Waals surface area contributed by atoms with E-state index in [1.807, 2.05) is 19.1 Å². The van der Waals surface area contributed by atoms with Crippen molar-refractivity contribution in [3.8, 4) is 0 Å². The number of carbonyl (C=O) groups is 1. The molecule has 174 valence electrons. The molecule has 0 unspecified atom stereocenters. The number of anilines is 1. The Balaban J connectivity index is 0.00000363. The van der Waals surface area contributed by atoms with Crippen LogP contribution in [0.2, 0.25) is 5.02 Å². The SMILES string of the molecule is CCN(CC)CCN(C(=O)CCSc1ccc(F)cc1)c1nc2c(C)ccc(Cl)c2s1.Cl. The minimum Gasteiger partial charge on any atom is -0.302 e. The second-order valence-electron chi connectivity index (χ2n) is 7.16. The molecule has 3 aromatic rings. The first-order valence-corrected chi connectivity index (χ1v) is 12.6. The van der Waals surface area contributed by atoms with Crippen LogP contribution in [0.1, 0.15) is 25.8 Å². The summed E-state index contributed by atoms with van der Waals surface area (Å²) < 4.78 is 14.0. The number of aromatic nitrogens is 1. The lowest BCUT2D eigenvalue weighted by Crippen LogP contribution is -2.39. The highest BCUT2D eigenvalue weighted by molar-refractivity contribution is 7.99. The van der Waals surface area contributed by atoms with Gasteiger partial charge in [-0.3, -0.25) is 9.69 Å². The highest BCUT2D eigenvalue weighted by atomic mass is 35.5. The van der Waals surface area contributed by atoms with Crippen molar-refractivity contribution < 1.29 is 9.18 Å². The quantitative estimate of drug-likeness (QED) is 0.282. The number of hydrogen-bond acceptors (Lipinski definition) is 5. The Kier molecular flexibility index (Phi) is 10.7. The third kappa shape index (κ3) is 6.81. The largest absolute Gasteiger partial charge is 0.302 e. The molecule has 2 aromatic carbocycles. The molecule has 3 rings (SSSR count). The predicted octanol–water partition coefficient (Wildman–Crippen LogP) is 6.68. The molecule has 0 saturated carbocycles. The van der Waals surface area contributed by atoms with Crippen LogP contribution in [0.5, 0.6) is 0 Å². The van der Waals surface area contributed by atoms with Gasteiger partial charge < -0.3 is 4.90 Å². The lowest BCUT2D eigenvalue weighted by Gasteiger charge is -2.24. The van der Waals surface area contributed by atoms with Crippen LogP contribution < -0.4 is 4.90 Å². The second-order valence-corrected chi connectivity index (χ2v) is 9.72. The van der Waals surface area contributed by atoms with Crippen molar-refractivity contribution >= 4 is 68.4 Å². The van der Waals surface area contributed by atoms with Gasteiger partial charge in [-0.05, 0) is 55.9 Å². The van der Waals surface area contributed by atoms with Crippen molar-refractivity contribution in [2.24, 2.45) is 0 Å². The standard InChI is InChI=1S/C23H27ClFN3OS2.ClH/c1-4-27(5-2)13-14-28(20(29)12-15-30-18-9-7-17(25)8-10-18)23-26-21-16(3)6-11-19(24)22(21)31-23;/h6-11H,4-5,12-15H2,1-3H3;1H. The van der Waals surface area contributed by atoms with Crippen LogP contribution in [0, 0.1) is 12.7 Å². The lowest BCUT2D eigenvalue weighted by atomic mass is 10.2. The van der Waals surface area contributed by atoms with E-state index in [2.05, 4.69) is 18.7 Å². The van der Waals surface area contributed by atoms with Crippen LogP contribution >= 0.6 is 47.1 Å². The highest BCUT2D eigenvalue weighted by Crippen LogP contribution is 2.36. The van der Waals surface area contributed by atoms with Crippen molar-refractivity contribution in [1.82, 2.24) is 9.88 Å². The Morgan fingerprint density at radius 1 is 1.12 bits per heavy atom. The molecule has 4 nitrogen and oxygen atoms in total. The second kappa shape index (κ2) is 12.8. The molecule has 0 saturated heterocycles. The zero-order chi connectivity index (χ0) is 22.4. The smallest absolute Gasteiger partial charge is 0.229 e. The average Bonchev–Trinajstić information content (AvgIpc) is 3.22. The Morgan fingerprint density at radius 2 is 1.81 bits per heavy atom. The van der Waals surface area contributed by atoms with E-state index < -0.39 is 0 Å². The first-order valence-electron chi connectivity index (χ1n) is 10.4. The van der Waals surface area contributed by atoms with Crippen LogP contribution in [0.3, 0.4) is 0 Å². The summed E-state index contributed by atoms with van der Waals surface area (Å²) in [7, 11) is 0. The van der Waals surface area contributed by atoms with E-state index in [0.29, 0.717) is 28.9 Å². The number of halogens is 3. The van der Waals surface area contributed by atoms with Gasteiger partial charge >= 0.3 is 0 Å². The minimum atomic E-state index is -0.257. The van der Waals surface area contributed by atoms with Gasteiger partial charge in [-0.1, -0.05) is 42.9 Å². The van der Waals surface area contributed by atoms with E-state index in [0.717, 1.165) is 40.3 Å². The van der Waals surface area contributed by atoms with E-state index in [1.54, 1.807) is 28.8 Å². The lowest BCUT2D eigenvalue weighted by molar-refractivity contribution is -0.118. The third-order valence-corrected chi connectivity index (χ3v) is 7.70. The number of benzene rings is 2. The number of rotatable bonds is 10. The molecule has 0 radical (unpaired) electrons. The van der Waals surface area contributed by atoms with Crippen molar-refractivity contribution in [3.05, 3.63) is 52.8 Å². The van der Waals surface area contributed by atoms with Gasteiger partial charge in [-0.2, -0.15) is 0 Å². The molecule has 0 fully saturated rings. The average molecular weight is 517 g/mol. The molecule has 0 aliphatic heterocycles. The molecule has 0 N–H and O–H groups in total. The molecule has 0 aliphatic rings. The third-order valence-electron chi connectivity index (χ3n) is 5.15. The van der Waals surface area contributed by atoms with E-state index >= 15 is 0 Å².